The van der Waals surface area contributed by atoms with Gasteiger partial charge in [0.25, 0.3) is 0 Å². The molecule has 0 radical (unpaired) electrons. The predicted octanol–water partition coefficient (Wildman–Crippen LogP) is 2.90. The maximum atomic E-state index is 8.76. The largest absolute Gasteiger partial charge is 0.357 e. The van der Waals surface area contributed by atoms with Gasteiger partial charge in [0, 0.05) is 13.6 Å². The molecule has 0 amide bonds. The van der Waals surface area contributed by atoms with Crippen molar-refractivity contribution < 1.29 is 0 Å². The van der Waals surface area contributed by atoms with Gasteiger partial charge >= 0.3 is 0 Å². The first-order valence-corrected chi connectivity index (χ1v) is 7.19. The number of benzene rings is 2. The molecule has 0 bridgehead atoms. The fourth-order valence-electron chi connectivity index (χ4n) is 1.74. The van der Waals surface area contributed by atoms with Crippen molar-refractivity contribution in [1.29, 1.82) is 5.26 Å². The van der Waals surface area contributed by atoms with Gasteiger partial charge in [0.1, 0.15) is 0 Å². The minimum atomic E-state index is 0.550. The van der Waals surface area contributed by atoms with E-state index < -0.39 is 0 Å². The van der Waals surface area contributed by atoms with E-state index in [4.69, 9.17) is 17.5 Å². The quantitative estimate of drug-likeness (QED) is 0.536. The number of nitrogens with one attached hydrogen (secondary N) is 1. The summed E-state index contributed by atoms with van der Waals surface area (Å²) in [6, 6.07) is 19.3. The third-order valence-corrected chi connectivity index (χ3v) is 3.41. The molecule has 0 aliphatic heterocycles. The minimum absolute atomic E-state index is 0.550. The first kappa shape index (κ1) is 15.7. The average molecular weight is 308 g/mol. The summed E-state index contributed by atoms with van der Waals surface area (Å²) in [5, 5.41) is 18.4. The third-order valence-electron chi connectivity index (χ3n) is 3.00. The molecule has 0 heterocycles. The Hall–Kier alpha value is -2.71. The Morgan fingerprint density at radius 1 is 1.23 bits per heavy atom. The molecule has 0 saturated heterocycles. The highest BCUT2D eigenvalue weighted by molar-refractivity contribution is 7.80. The van der Waals surface area contributed by atoms with Crippen molar-refractivity contribution in [2.75, 3.05) is 7.05 Å². The van der Waals surface area contributed by atoms with Gasteiger partial charge in [0.2, 0.25) is 0 Å². The second-order valence-corrected chi connectivity index (χ2v) is 5.03. The minimum Gasteiger partial charge on any atom is -0.357 e. The van der Waals surface area contributed by atoms with E-state index in [-0.39, 0.29) is 0 Å². The molecule has 2 rings (SSSR count). The summed E-state index contributed by atoms with van der Waals surface area (Å²) >= 11 is 5.29. The number of hydrogen-bond acceptors (Lipinski definition) is 3. The maximum absolute atomic E-state index is 8.76. The van der Waals surface area contributed by atoms with Gasteiger partial charge in [-0.05, 0) is 35.5 Å². The van der Waals surface area contributed by atoms with Crippen LogP contribution in [0.1, 0.15) is 16.7 Å². The Labute approximate surface area is 135 Å². The first-order valence-electron chi connectivity index (χ1n) is 6.78. The van der Waals surface area contributed by atoms with Crippen LogP contribution < -0.4 is 5.32 Å². The van der Waals surface area contributed by atoms with E-state index >= 15 is 0 Å². The molecule has 5 heteroatoms. The zero-order valence-electron chi connectivity index (χ0n) is 12.2. The summed E-state index contributed by atoms with van der Waals surface area (Å²) in [7, 11) is 1.79. The van der Waals surface area contributed by atoms with Crippen LogP contribution in [0.15, 0.2) is 59.7 Å². The molecule has 0 aliphatic rings. The lowest BCUT2D eigenvalue weighted by molar-refractivity contribution is 0.532. The van der Waals surface area contributed by atoms with E-state index in [1.54, 1.807) is 30.4 Å². The van der Waals surface area contributed by atoms with Gasteiger partial charge in [-0.15, -0.1) is 0 Å². The van der Waals surface area contributed by atoms with Crippen LogP contribution in [0, 0.1) is 11.3 Å². The lowest BCUT2D eigenvalue weighted by Crippen LogP contribution is -2.33. The van der Waals surface area contributed by atoms with Crippen LogP contribution in [-0.2, 0) is 6.54 Å². The van der Waals surface area contributed by atoms with Gasteiger partial charge in [-0.1, -0.05) is 42.5 Å². The van der Waals surface area contributed by atoms with E-state index in [9.17, 15) is 0 Å². The molecular weight excluding hydrogens is 292 g/mol. The van der Waals surface area contributed by atoms with E-state index in [1.165, 1.54) is 0 Å². The molecule has 0 spiro atoms. The predicted molar refractivity (Wildman–Crippen MR) is 92.4 cm³/mol. The van der Waals surface area contributed by atoms with Gasteiger partial charge in [-0.3, -0.25) is 0 Å². The number of thiocarbonyl (C=S) groups is 1. The molecule has 4 nitrogen and oxygen atoms in total. The molecule has 2 aromatic carbocycles. The van der Waals surface area contributed by atoms with Gasteiger partial charge in [0.15, 0.2) is 5.11 Å². The van der Waals surface area contributed by atoms with E-state index in [0.717, 1.165) is 11.1 Å². The Balaban J connectivity index is 1.87. The van der Waals surface area contributed by atoms with Gasteiger partial charge < -0.3 is 5.32 Å². The number of rotatable bonds is 4. The highest BCUT2D eigenvalue weighted by atomic mass is 32.1. The summed E-state index contributed by atoms with van der Waals surface area (Å²) in [5.41, 5.74) is 2.71. The van der Waals surface area contributed by atoms with Gasteiger partial charge in [0.05, 0.1) is 17.8 Å². The van der Waals surface area contributed by atoms with Crippen LogP contribution in [0.25, 0.3) is 0 Å². The normalized spacial score (nSPS) is 10.2. The van der Waals surface area contributed by atoms with Crippen LogP contribution in [0.4, 0.5) is 0 Å². The molecule has 0 aliphatic carbocycles. The van der Waals surface area contributed by atoms with Crippen LogP contribution >= 0.6 is 12.2 Å². The van der Waals surface area contributed by atoms with E-state index in [1.807, 2.05) is 42.5 Å². The van der Waals surface area contributed by atoms with Crippen LogP contribution in [0.3, 0.4) is 0 Å². The van der Waals surface area contributed by atoms with Crippen LogP contribution in [0.5, 0.6) is 0 Å². The molecule has 0 aromatic heterocycles. The van der Waals surface area contributed by atoms with Crippen LogP contribution in [0.2, 0.25) is 0 Å². The Morgan fingerprint density at radius 2 is 1.91 bits per heavy atom. The highest BCUT2D eigenvalue weighted by Crippen LogP contribution is 2.02. The summed E-state index contributed by atoms with van der Waals surface area (Å²) in [6.45, 7) is 0.663. The second kappa shape index (κ2) is 7.91. The Morgan fingerprint density at radius 3 is 2.55 bits per heavy atom. The molecule has 0 atom stereocenters. The fourth-order valence-corrected chi connectivity index (χ4v) is 1.86. The zero-order valence-corrected chi connectivity index (χ0v) is 13.0. The number of hydrazone groups is 1. The standard InChI is InChI=1S/C17H16N4S/c1-21(17(22)19-12-15-5-3-2-4-6-15)20-13-16-9-7-14(11-18)8-10-16/h2-10,13H,12H2,1H3,(H,19,22)/b20-13+. The van der Waals surface area contributed by atoms with Crippen molar-refractivity contribution in [2.45, 2.75) is 6.54 Å². The number of nitrogens with zero attached hydrogens (tertiary/aromatic N) is 3. The average Bonchev–Trinajstić information content (AvgIpc) is 2.58. The smallest absolute Gasteiger partial charge is 0.189 e. The fraction of sp³-hybridized carbons (Fsp3) is 0.118. The maximum Gasteiger partial charge on any atom is 0.189 e. The Bertz CT molecular complexity index is 687. The van der Waals surface area contributed by atoms with Crippen LogP contribution in [-0.4, -0.2) is 23.4 Å². The van der Waals surface area contributed by atoms with Gasteiger partial charge in [-0.25, -0.2) is 5.01 Å². The summed E-state index contributed by atoms with van der Waals surface area (Å²) < 4.78 is 0. The second-order valence-electron chi connectivity index (χ2n) is 4.65. The summed E-state index contributed by atoms with van der Waals surface area (Å²) in [5.74, 6) is 0. The molecule has 22 heavy (non-hydrogen) atoms. The third kappa shape index (κ3) is 4.69. The van der Waals surface area contributed by atoms with Crippen molar-refractivity contribution in [3.63, 3.8) is 0 Å². The van der Waals surface area contributed by atoms with Crippen molar-refractivity contribution in [1.82, 2.24) is 10.3 Å². The monoisotopic (exact) mass is 308 g/mol. The SMILES string of the molecule is CN(/N=C/c1ccc(C#N)cc1)C(=S)NCc1ccccc1. The molecule has 1 N–H and O–H groups in total. The summed E-state index contributed by atoms with van der Waals surface area (Å²) in [6.07, 6.45) is 1.71. The van der Waals surface area contributed by atoms with Crippen molar-refractivity contribution >= 4 is 23.5 Å². The van der Waals surface area contributed by atoms with Crippen molar-refractivity contribution in [3.05, 3.63) is 71.3 Å². The molecule has 2 aromatic rings. The molecule has 0 fully saturated rings. The molecule has 0 saturated carbocycles. The summed E-state index contributed by atoms with van der Waals surface area (Å²) in [4.78, 5) is 0. The topological polar surface area (TPSA) is 51.4 Å². The number of nitriles is 1. The zero-order chi connectivity index (χ0) is 15.8. The van der Waals surface area contributed by atoms with Crippen molar-refractivity contribution in [3.8, 4) is 6.07 Å². The molecular formula is C17H16N4S. The lowest BCUT2D eigenvalue weighted by Gasteiger charge is -2.15. The van der Waals surface area contributed by atoms with Gasteiger partial charge in [-0.2, -0.15) is 10.4 Å². The molecule has 110 valence electrons. The Kier molecular flexibility index (Phi) is 5.64. The van der Waals surface area contributed by atoms with Crippen molar-refractivity contribution in [2.24, 2.45) is 5.10 Å². The highest BCUT2D eigenvalue weighted by Gasteiger charge is 2.01. The number of hydrogen-bond donors (Lipinski definition) is 1. The van der Waals surface area contributed by atoms with E-state index in [0.29, 0.717) is 17.2 Å². The lowest BCUT2D eigenvalue weighted by atomic mass is 10.2. The molecule has 0 unspecified atom stereocenters. The van der Waals surface area contributed by atoms with E-state index in [2.05, 4.69) is 16.5 Å². The first-order chi connectivity index (χ1) is 10.7.